The number of guanidine groups is 1. The van der Waals surface area contributed by atoms with Gasteiger partial charge in [0.05, 0.1) is 5.69 Å². The van der Waals surface area contributed by atoms with E-state index in [9.17, 15) is 13.2 Å². The zero-order valence-corrected chi connectivity index (χ0v) is 17.0. The first-order chi connectivity index (χ1) is 11.8. The molecule has 0 amide bonds. The average Bonchev–Trinajstić information content (AvgIpc) is 3.01. The van der Waals surface area contributed by atoms with E-state index in [1.54, 1.807) is 13.2 Å². The van der Waals surface area contributed by atoms with Crippen LogP contribution in [0.15, 0.2) is 29.3 Å². The van der Waals surface area contributed by atoms with Crippen LogP contribution in [0.3, 0.4) is 0 Å². The molecule has 1 saturated carbocycles. The lowest BCUT2D eigenvalue weighted by molar-refractivity contribution is -0.274. The molecule has 3 N–H and O–H groups in total. The van der Waals surface area contributed by atoms with Crippen molar-refractivity contribution in [2.45, 2.75) is 38.5 Å². The third kappa shape index (κ3) is 7.18. The van der Waals surface area contributed by atoms with Crippen molar-refractivity contribution in [3.05, 3.63) is 24.3 Å². The van der Waals surface area contributed by atoms with Crippen LogP contribution >= 0.6 is 24.0 Å². The highest BCUT2D eigenvalue weighted by Crippen LogP contribution is 2.41. The third-order valence-electron chi connectivity index (χ3n) is 4.46. The van der Waals surface area contributed by atoms with E-state index in [4.69, 9.17) is 10.5 Å². The van der Waals surface area contributed by atoms with Crippen LogP contribution in [0.2, 0.25) is 0 Å². The Kier molecular flexibility index (Phi) is 8.94. The number of hydrogen-bond donors (Lipinski definition) is 2. The summed E-state index contributed by atoms with van der Waals surface area (Å²) in [4.78, 5) is 4.36. The fourth-order valence-corrected chi connectivity index (χ4v) is 3.14. The predicted octanol–water partition coefficient (Wildman–Crippen LogP) is 4.53. The first-order valence-corrected chi connectivity index (χ1v) is 8.24. The number of halogens is 4. The monoisotopic (exact) mass is 487 g/mol. The van der Waals surface area contributed by atoms with Gasteiger partial charge in [0, 0.05) is 20.3 Å². The normalized spacial score (nSPS) is 16.8. The molecule has 0 radical (unpaired) electrons. The number of nitrogens with two attached hydrogens (primary N) is 1. The van der Waals surface area contributed by atoms with Gasteiger partial charge >= 0.3 is 6.36 Å². The van der Waals surface area contributed by atoms with Gasteiger partial charge in [-0.3, -0.25) is 4.99 Å². The number of benzene rings is 1. The van der Waals surface area contributed by atoms with Crippen molar-refractivity contribution >= 4 is 35.6 Å². The number of nitrogens with zero attached hydrogens (tertiary/aromatic N) is 1. The molecule has 0 heterocycles. The van der Waals surface area contributed by atoms with Crippen molar-refractivity contribution in [1.82, 2.24) is 0 Å². The molecule has 1 aliphatic carbocycles. The maximum Gasteiger partial charge on any atom is 0.573 e. The molecule has 0 saturated heterocycles. The molecule has 26 heavy (non-hydrogen) atoms. The van der Waals surface area contributed by atoms with Gasteiger partial charge in [0.15, 0.2) is 11.7 Å². The molecule has 0 aromatic heterocycles. The predicted molar refractivity (Wildman–Crippen MR) is 106 cm³/mol. The summed E-state index contributed by atoms with van der Waals surface area (Å²) in [7, 11) is 1.67. The molecular formula is C17H25F3IN3O2. The third-order valence-corrected chi connectivity index (χ3v) is 4.46. The molecular weight excluding hydrogens is 462 g/mol. The molecule has 1 aromatic rings. The minimum Gasteiger partial charge on any atom is -0.404 e. The van der Waals surface area contributed by atoms with Crippen molar-refractivity contribution in [2.75, 3.05) is 25.6 Å². The average molecular weight is 487 g/mol. The first kappa shape index (κ1) is 22.8. The molecule has 0 unspecified atom stereocenters. The Morgan fingerprint density at radius 3 is 2.54 bits per heavy atom. The number of hydrogen-bond acceptors (Lipinski definition) is 3. The SMILES string of the molecule is COCCC1(CN=C(N)Nc2ccccc2OC(F)(F)F)CCCC1.I. The van der Waals surface area contributed by atoms with Crippen LogP contribution in [0, 0.1) is 5.41 Å². The van der Waals surface area contributed by atoms with Crippen molar-refractivity contribution in [3.63, 3.8) is 0 Å². The van der Waals surface area contributed by atoms with Gasteiger partial charge in [0.2, 0.25) is 0 Å². The van der Waals surface area contributed by atoms with E-state index in [0.29, 0.717) is 13.2 Å². The number of anilines is 1. The minimum absolute atomic E-state index is 0. The first-order valence-electron chi connectivity index (χ1n) is 8.24. The molecule has 1 aliphatic rings. The summed E-state index contributed by atoms with van der Waals surface area (Å²) >= 11 is 0. The number of para-hydroxylation sites is 2. The van der Waals surface area contributed by atoms with Gasteiger partial charge in [-0.25, -0.2) is 0 Å². The molecule has 5 nitrogen and oxygen atoms in total. The van der Waals surface area contributed by atoms with Crippen LogP contribution < -0.4 is 15.8 Å². The van der Waals surface area contributed by atoms with Gasteiger partial charge in [-0.1, -0.05) is 25.0 Å². The van der Waals surface area contributed by atoms with Gasteiger partial charge in [-0.05, 0) is 36.8 Å². The maximum absolute atomic E-state index is 12.5. The van der Waals surface area contributed by atoms with Gasteiger partial charge in [-0.15, -0.1) is 37.1 Å². The van der Waals surface area contributed by atoms with Crippen molar-refractivity contribution in [1.29, 1.82) is 0 Å². The summed E-state index contributed by atoms with van der Waals surface area (Å²) in [5.41, 5.74) is 6.06. The number of nitrogens with one attached hydrogen (secondary N) is 1. The van der Waals surface area contributed by atoms with Gasteiger partial charge in [0.1, 0.15) is 0 Å². The lowest BCUT2D eigenvalue weighted by Crippen LogP contribution is -2.28. The van der Waals surface area contributed by atoms with Crippen LogP contribution in [-0.4, -0.2) is 32.6 Å². The number of methoxy groups -OCH3 is 1. The molecule has 148 valence electrons. The molecule has 2 rings (SSSR count). The number of alkyl halides is 3. The molecule has 0 spiro atoms. The van der Waals surface area contributed by atoms with Gasteiger partial charge < -0.3 is 20.5 Å². The summed E-state index contributed by atoms with van der Waals surface area (Å²) in [6, 6.07) is 5.73. The molecule has 0 aliphatic heterocycles. The van der Waals surface area contributed by atoms with E-state index in [1.807, 2.05) is 0 Å². The highest BCUT2D eigenvalue weighted by Gasteiger charge is 2.34. The summed E-state index contributed by atoms with van der Waals surface area (Å²) in [5, 5.41) is 2.70. The zero-order valence-electron chi connectivity index (χ0n) is 14.6. The topological polar surface area (TPSA) is 68.9 Å². The summed E-state index contributed by atoms with van der Waals surface area (Å²) in [6.45, 7) is 1.18. The van der Waals surface area contributed by atoms with E-state index < -0.39 is 6.36 Å². The van der Waals surface area contributed by atoms with E-state index in [0.717, 1.165) is 32.1 Å². The lowest BCUT2D eigenvalue weighted by Gasteiger charge is -2.26. The molecule has 1 fully saturated rings. The largest absolute Gasteiger partial charge is 0.573 e. The fourth-order valence-electron chi connectivity index (χ4n) is 3.14. The van der Waals surface area contributed by atoms with Crippen LogP contribution in [0.25, 0.3) is 0 Å². The van der Waals surface area contributed by atoms with Crippen molar-refractivity contribution in [3.8, 4) is 5.75 Å². The van der Waals surface area contributed by atoms with Crippen molar-refractivity contribution < 1.29 is 22.6 Å². The Balaban J connectivity index is 0.00000338. The van der Waals surface area contributed by atoms with Crippen molar-refractivity contribution in [2.24, 2.45) is 16.1 Å². The second-order valence-electron chi connectivity index (χ2n) is 6.32. The Morgan fingerprint density at radius 1 is 1.27 bits per heavy atom. The van der Waals surface area contributed by atoms with Crippen LogP contribution in [0.5, 0.6) is 5.75 Å². The smallest absolute Gasteiger partial charge is 0.404 e. The molecule has 0 bridgehead atoms. The highest BCUT2D eigenvalue weighted by atomic mass is 127. The van der Waals surface area contributed by atoms with Crippen LogP contribution in [0.1, 0.15) is 32.1 Å². The molecule has 9 heteroatoms. The van der Waals surface area contributed by atoms with E-state index >= 15 is 0 Å². The second-order valence-corrected chi connectivity index (χ2v) is 6.32. The highest BCUT2D eigenvalue weighted by molar-refractivity contribution is 14.0. The van der Waals surface area contributed by atoms with E-state index in [2.05, 4.69) is 15.0 Å². The second kappa shape index (κ2) is 10.2. The summed E-state index contributed by atoms with van der Waals surface area (Å²) in [6.07, 6.45) is 0.539. The Labute approximate surface area is 168 Å². The van der Waals surface area contributed by atoms with Crippen LogP contribution in [0.4, 0.5) is 18.9 Å². The minimum atomic E-state index is -4.77. The lowest BCUT2D eigenvalue weighted by atomic mass is 9.83. The maximum atomic E-state index is 12.5. The van der Waals surface area contributed by atoms with E-state index in [-0.39, 0.29) is 46.8 Å². The van der Waals surface area contributed by atoms with Crippen LogP contribution in [-0.2, 0) is 4.74 Å². The number of ether oxygens (including phenoxy) is 2. The Hall–Kier alpha value is -1.23. The molecule has 0 atom stereocenters. The Bertz CT molecular complexity index is 591. The van der Waals surface area contributed by atoms with Gasteiger partial charge in [0.25, 0.3) is 0 Å². The van der Waals surface area contributed by atoms with Gasteiger partial charge in [-0.2, -0.15) is 0 Å². The summed E-state index contributed by atoms with van der Waals surface area (Å²) in [5.74, 6) is -0.273. The summed E-state index contributed by atoms with van der Waals surface area (Å²) < 4.78 is 46.5. The molecule has 1 aromatic carbocycles. The van der Waals surface area contributed by atoms with E-state index in [1.165, 1.54) is 18.2 Å². The zero-order chi connectivity index (χ0) is 18.3. The number of rotatable bonds is 7. The fraction of sp³-hybridized carbons (Fsp3) is 0.588. The Morgan fingerprint density at radius 2 is 1.92 bits per heavy atom. The number of aliphatic imine (C=N–C) groups is 1. The quantitative estimate of drug-likeness (QED) is 0.337. The standard InChI is InChI=1S/C17H24F3N3O2.HI/c1-24-11-10-16(8-4-5-9-16)12-22-15(21)23-13-6-2-3-7-14(13)25-17(18,19)20;/h2-3,6-7H,4-5,8-12H2,1H3,(H3,21,22,23);1H.